The highest BCUT2D eigenvalue weighted by molar-refractivity contribution is 5.74. The second-order valence-corrected chi connectivity index (χ2v) is 6.63. The topological polar surface area (TPSA) is 35.6 Å². The highest BCUT2D eigenvalue weighted by atomic mass is 16.2. The van der Waals surface area contributed by atoms with Gasteiger partial charge in [-0.25, -0.2) is 4.79 Å². The monoisotopic (exact) mass is 281 g/mol. The van der Waals surface area contributed by atoms with Gasteiger partial charge in [0.05, 0.1) is 0 Å². The van der Waals surface area contributed by atoms with Gasteiger partial charge < -0.3 is 15.1 Å². The number of rotatable bonds is 4. The number of urea groups is 1. The van der Waals surface area contributed by atoms with E-state index in [2.05, 4.69) is 29.0 Å². The fourth-order valence-corrected chi connectivity index (χ4v) is 3.49. The maximum atomic E-state index is 12.7. The van der Waals surface area contributed by atoms with Crippen LogP contribution in [0.4, 0.5) is 4.79 Å². The molecule has 0 aromatic rings. The van der Waals surface area contributed by atoms with Crippen LogP contribution in [-0.4, -0.2) is 55.1 Å². The zero-order chi connectivity index (χ0) is 14.4. The van der Waals surface area contributed by atoms with Crippen molar-refractivity contribution in [3.05, 3.63) is 0 Å². The number of nitrogens with zero attached hydrogens (tertiary/aromatic N) is 2. The molecule has 0 aliphatic carbocycles. The summed E-state index contributed by atoms with van der Waals surface area (Å²) in [5, 5.41) is 3.46. The third-order valence-electron chi connectivity index (χ3n) is 4.57. The molecule has 0 spiro atoms. The van der Waals surface area contributed by atoms with Crippen LogP contribution in [0.1, 0.15) is 46.0 Å². The van der Waals surface area contributed by atoms with Gasteiger partial charge in [0, 0.05) is 26.2 Å². The Morgan fingerprint density at radius 2 is 2.20 bits per heavy atom. The normalized spacial score (nSPS) is 27.4. The molecule has 2 rings (SSSR count). The fourth-order valence-electron chi connectivity index (χ4n) is 3.49. The zero-order valence-electron chi connectivity index (χ0n) is 13.2. The van der Waals surface area contributed by atoms with E-state index in [0.29, 0.717) is 11.8 Å². The average Bonchev–Trinajstić information content (AvgIpc) is 2.47. The summed E-state index contributed by atoms with van der Waals surface area (Å²) in [6, 6.07) is 0.281. The van der Waals surface area contributed by atoms with Gasteiger partial charge in [0.1, 0.15) is 0 Å². The quantitative estimate of drug-likeness (QED) is 0.859. The van der Waals surface area contributed by atoms with E-state index in [0.717, 1.165) is 52.1 Å². The summed E-state index contributed by atoms with van der Waals surface area (Å²) >= 11 is 0. The number of carbonyl (C=O) groups is 1. The lowest BCUT2D eigenvalue weighted by Crippen LogP contribution is -2.50. The molecule has 116 valence electrons. The fraction of sp³-hybridized carbons (Fsp3) is 0.938. The number of carbonyl (C=O) groups excluding carboxylic acids is 1. The van der Waals surface area contributed by atoms with Crippen molar-refractivity contribution in [3.63, 3.8) is 0 Å². The molecule has 0 aromatic heterocycles. The van der Waals surface area contributed by atoms with Crippen molar-refractivity contribution in [3.8, 4) is 0 Å². The maximum Gasteiger partial charge on any atom is 0.320 e. The Morgan fingerprint density at radius 1 is 1.35 bits per heavy atom. The lowest BCUT2D eigenvalue weighted by Gasteiger charge is -2.37. The van der Waals surface area contributed by atoms with Crippen LogP contribution in [0.3, 0.4) is 0 Å². The van der Waals surface area contributed by atoms with Crippen LogP contribution < -0.4 is 5.32 Å². The van der Waals surface area contributed by atoms with Crippen LogP contribution in [0.15, 0.2) is 0 Å². The van der Waals surface area contributed by atoms with Crippen molar-refractivity contribution in [1.82, 2.24) is 15.1 Å². The van der Waals surface area contributed by atoms with Crippen LogP contribution in [0.5, 0.6) is 0 Å². The van der Waals surface area contributed by atoms with Gasteiger partial charge in [-0.05, 0) is 57.0 Å². The summed E-state index contributed by atoms with van der Waals surface area (Å²) in [6.07, 6.45) is 5.99. The molecule has 0 radical (unpaired) electrons. The average molecular weight is 281 g/mol. The van der Waals surface area contributed by atoms with E-state index < -0.39 is 0 Å². The summed E-state index contributed by atoms with van der Waals surface area (Å²) in [5.74, 6) is 1.30. The first-order valence-electron chi connectivity index (χ1n) is 8.45. The maximum absolute atomic E-state index is 12.7. The van der Waals surface area contributed by atoms with Crippen LogP contribution in [0.25, 0.3) is 0 Å². The van der Waals surface area contributed by atoms with Crippen LogP contribution in [0.2, 0.25) is 0 Å². The molecule has 0 bridgehead atoms. The molecule has 20 heavy (non-hydrogen) atoms. The van der Waals surface area contributed by atoms with Crippen LogP contribution in [-0.2, 0) is 0 Å². The first-order chi connectivity index (χ1) is 9.70. The molecular weight excluding hydrogens is 250 g/mol. The Labute approximate surface area is 123 Å². The summed E-state index contributed by atoms with van der Waals surface area (Å²) < 4.78 is 0. The molecule has 2 heterocycles. The molecule has 0 aromatic carbocycles. The largest absolute Gasteiger partial charge is 0.324 e. The molecule has 4 nitrogen and oxygen atoms in total. The summed E-state index contributed by atoms with van der Waals surface area (Å²) in [5.41, 5.74) is 0. The Morgan fingerprint density at radius 3 is 2.85 bits per heavy atom. The number of hydrogen-bond donors (Lipinski definition) is 1. The predicted molar refractivity (Wildman–Crippen MR) is 82.8 cm³/mol. The van der Waals surface area contributed by atoms with Gasteiger partial charge in [0.15, 0.2) is 0 Å². The van der Waals surface area contributed by atoms with E-state index >= 15 is 0 Å². The van der Waals surface area contributed by atoms with Crippen molar-refractivity contribution in [2.24, 2.45) is 11.8 Å². The second-order valence-electron chi connectivity index (χ2n) is 6.63. The van der Waals surface area contributed by atoms with Crippen LogP contribution >= 0.6 is 0 Å². The third kappa shape index (κ3) is 4.37. The minimum Gasteiger partial charge on any atom is -0.324 e. The van der Waals surface area contributed by atoms with Crippen molar-refractivity contribution in [1.29, 1.82) is 0 Å². The minimum atomic E-state index is 0.281. The molecule has 2 aliphatic rings. The Bertz CT molecular complexity index is 302. The first kappa shape index (κ1) is 15.6. The van der Waals surface area contributed by atoms with Gasteiger partial charge in [-0.1, -0.05) is 13.8 Å². The second kappa shape index (κ2) is 7.87. The first-order valence-corrected chi connectivity index (χ1v) is 8.45. The molecular formula is C16H31N3O. The molecule has 2 amide bonds. The smallest absolute Gasteiger partial charge is 0.320 e. The summed E-state index contributed by atoms with van der Waals surface area (Å²) in [4.78, 5) is 16.9. The lowest BCUT2D eigenvalue weighted by atomic mass is 9.98. The third-order valence-corrected chi connectivity index (χ3v) is 4.57. The van der Waals surface area contributed by atoms with E-state index in [1.165, 1.54) is 19.3 Å². The van der Waals surface area contributed by atoms with E-state index in [4.69, 9.17) is 0 Å². The lowest BCUT2D eigenvalue weighted by molar-refractivity contribution is 0.122. The molecule has 0 saturated carbocycles. The number of piperidine rings is 2. The molecule has 2 aliphatic heterocycles. The Kier molecular flexibility index (Phi) is 6.14. The Balaban J connectivity index is 1.90. The molecule has 2 atom stereocenters. The van der Waals surface area contributed by atoms with Gasteiger partial charge >= 0.3 is 6.03 Å². The van der Waals surface area contributed by atoms with Gasteiger partial charge in [-0.15, -0.1) is 0 Å². The SMILES string of the molecule is CCCN(CC1CCCNC1)C(=O)N1CCCC(C)C1. The highest BCUT2D eigenvalue weighted by Gasteiger charge is 2.27. The van der Waals surface area contributed by atoms with E-state index in [9.17, 15) is 4.79 Å². The molecule has 2 saturated heterocycles. The number of nitrogens with one attached hydrogen (secondary N) is 1. The Hall–Kier alpha value is -0.770. The summed E-state index contributed by atoms with van der Waals surface area (Å²) in [7, 11) is 0. The number of amides is 2. The van der Waals surface area contributed by atoms with Crippen molar-refractivity contribution >= 4 is 6.03 Å². The number of hydrogen-bond acceptors (Lipinski definition) is 2. The standard InChI is InChI=1S/C16H31N3O/c1-3-9-18(13-15-7-4-8-17-11-15)16(20)19-10-5-6-14(2)12-19/h14-15,17H,3-13H2,1-2H3. The predicted octanol–water partition coefficient (Wildman–Crippen LogP) is 2.55. The van der Waals surface area contributed by atoms with Gasteiger partial charge in [0.25, 0.3) is 0 Å². The van der Waals surface area contributed by atoms with Crippen molar-refractivity contribution in [2.75, 3.05) is 39.3 Å². The molecule has 2 fully saturated rings. The molecule has 4 heteroatoms. The highest BCUT2D eigenvalue weighted by Crippen LogP contribution is 2.19. The van der Waals surface area contributed by atoms with Crippen molar-refractivity contribution in [2.45, 2.75) is 46.0 Å². The minimum absolute atomic E-state index is 0.281. The van der Waals surface area contributed by atoms with E-state index in [-0.39, 0.29) is 6.03 Å². The van der Waals surface area contributed by atoms with E-state index in [1.807, 2.05) is 0 Å². The van der Waals surface area contributed by atoms with Crippen LogP contribution in [0, 0.1) is 11.8 Å². The van der Waals surface area contributed by atoms with Gasteiger partial charge in [0.2, 0.25) is 0 Å². The summed E-state index contributed by atoms with van der Waals surface area (Å²) in [6.45, 7) is 10.4. The van der Waals surface area contributed by atoms with Gasteiger partial charge in [-0.3, -0.25) is 0 Å². The molecule has 1 N–H and O–H groups in total. The van der Waals surface area contributed by atoms with E-state index in [1.54, 1.807) is 0 Å². The van der Waals surface area contributed by atoms with Crippen molar-refractivity contribution < 1.29 is 4.79 Å². The van der Waals surface area contributed by atoms with Gasteiger partial charge in [-0.2, -0.15) is 0 Å². The zero-order valence-corrected chi connectivity index (χ0v) is 13.2. The number of likely N-dealkylation sites (tertiary alicyclic amines) is 1. The molecule has 2 unspecified atom stereocenters.